The van der Waals surface area contributed by atoms with Crippen molar-refractivity contribution in [1.29, 1.82) is 0 Å². The first-order valence-corrected chi connectivity index (χ1v) is 14.7. The Morgan fingerprint density at radius 1 is 0.795 bits per heavy atom. The molecule has 1 N–H and O–H groups in total. The summed E-state index contributed by atoms with van der Waals surface area (Å²) < 4.78 is 29.2. The van der Waals surface area contributed by atoms with Crippen molar-refractivity contribution in [3.05, 3.63) is 125 Å². The van der Waals surface area contributed by atoms with E-state index < -0.39 is 10.0 Å². The Labute approximate surface area is 231 Å². The van der Waals surface area contributed by atoms with Gasteiger partial charge in [-0.25, -0.2) is 8.42 Å². The molecule has 0 unspecified atom stereocenters. The lowest BCUT2D eigenvalue weighted by Crippen LogP contribution is -2.33. The average molecular weight is 540 g/mol. The minimum Gasteiger partial charge on any atom is -0.372 e. The number of aryl methyl sites for hydroxylation is 1. The summed E-state index contributed by atoms with van der Waals surface area (Å²) in [6.45, 7) is 4.52. The van der Waals surface area contributed by atoms with Crippen molar-refractivity contribution in [2.45, 2.75) is 37.8 Å². The van der Waals surface area contributed by atoms with E-state index in [4.69, 9.17) is 0 Å². The van der Waals surface area contributed by atoms with Gasteiger partial charge in [-0.05, 0) is 67.3 Å². The molecular formula is C32H33N3O3S. The number of nitrogens with one attached hydrogen (secondary N) is 1. The summed E-state index contributed by atoms with van der Waals surface area (Å²) in [4.78, 5) is 16.0. The summed E-state index contributed by atoms with van der Waals surface area (Å²) in [7, 11) is -3.96. The van der Waals surface area contributed by atoms with Crippen LogP contribution in [0.5, 0.6) is 0 Å². The quantitative estimate of drug-likeness (QED) is 0.287. The van der Waals surface area contributed by atoms with E-state index in [9.17, 15) is 13.2 Å². The van der Waals surface area contributed by atoms with Gasteiger partial charge in [0.2, 0.25) is 0 Å². The Bertz CT molecular complexity index is 1510. The van der Waals surface area contributed by atoms with Crippen LogP contribution < -0.4 is 14.5 Å². The second-order valence-electron chi connectivity index (χ2n) is 9.87. The molecule has 1 amide bonds. The molecule has 0 radical (unpaired) electrons. The maximum absolute atomic E-state index is 13.9. The SMILES string of the molecule is Cc1ccc(S(=O)(=O)N(Cc2ccccc2)c2ccccc2C(=O)NCc2ccc(N3CCCC3)cc2)cc1. The van der Waals surface area contributed by atoms with E-state index in [0.29, 0.717) is 17.8 Å². The molecule has 6 nitrogen and oxygen atoms in total. The third kappa shape index (κ3) is 6.15. The van der Waals surface area contributed by atoms with Crippen LogP contribution in [0.15, 0.2) is 108 Å². The first-order chi connectivity index (χ1) is 18.9. The monoisotopic (exact) mass is 539 g/mol. The molecule has 5 rings (SSSR count). The highest BCUT2D eigenvalue weighted by molar-refractivity contribution is 7.92. The molecule has 1 aliphatic heterocycles. The summed E-state index contributed by atoms with van der Waals surface area (Å²) in [5.41, 5.74) is 4.61. The van der Waals surface area contributed by atoms with Gasteiger partial charge in [-0.3, -0.25) is 9.10 Å². The van der Waals surface area contributed by atoms with Crippen molar-refractivity contribution in [2.75, 3.05) is 22.3 Å². The van der Waals surface area contributed by atoms with Crippen LogP contribution in [0.1, 0.15) is 39.9 Å². The van der Waals surface area contributed by atoms with Crippen LogP contribution in [-0.4, -0.2) is 27.4 Å². The number of hydrogen-bond acceptors (Lipinski definition) is 4. The Balaban J connectivity index is 1.41. The van der Waals surface area contributed by atoms with Gasteiger partial charge in [-0.15, -0.1) is 0 Å². The number of rotatable bonds is 9. The maximum atomic E-state index is 13.9. The summed E-state index contributed by atoms with van der Waals surface area (Å²) in [5, 5.41) is 2.99. The highest BCUT2D eigenvalue weighted by Crippen LogP contribution is 2.29. The average Bonchev–Trinajstić information content (AvgIpc) is 3.51. The number of benzene rings is 4. The van der Waals surface area contributed by atoms with Crippen LogP contribution in [0.3, 0.4) is 0 Å². The van der Waals surface area contributed by atoms with Gasteiger partial charge in [0.1, 0.15) is 0 Å². The number of carbonyl (C=O) groups excluding carboxylic acids is 1. The third-order valence-electron chi connectivity index (χ3n) is 7.06. The zero-order chi connectivity index (χ0) is 27.2. The first kappa shape index (κ1) is 26.5. The van der Waals surface area contributed by atoms with E-state index in [-0.39, 0.29) is 17.3 Å². The predicted octanol–water partition coefficient (Wildman–Crippen LogP) is 5.92. The summed E-state index contributed by atoms with van der Waals surface area (Å²) in [5.74, 6) is -0.327. The molecule has 7 heteroatoms. The van der Waals surface area contributed by atoms with Crippen molar-refractivity contribution in [1.82, 2.24) is 5.32 Å². The van der Waals surface area contributed by atoms with Gasteiger partial charge in [0.05, 0.1) is 22.7 Å². The molecule has 0 spiro atoms. The molecule has 0 saturated carbocycles. The molecule has 200 valence electrons. The molecule has 39 heavy (non-hydrogen) atoms. The van der Waals surface area contributed by atoms with Gasteiger partial charge < -0.3 is 10.2 Å². The van der Waals surface area contributed by atoms with E-state index in [0.717, 1.165) is 29.8 Å². The Morgan fingerprint density at radius 3 is 2.13 bits per heavy atom. The van der Waals surface area contributed by atoms with Gasteiger partial charge in [0.15, 0.2) is 0 Å². The lowest BCUT2D eigenvalue weighted by Gasteiger charge is -2.27. The summed E-state index contributed by atoms with van der Waals surface area (Å²) in [6.07, 6.45) is 2.44. The van der Waals surface area contributed by atoms with Crippen LogP contribution in [0, 0.1) is 6.92 Å². The number of nitrogens with zero attached hydrogens (tertiary/aromatic N) is 2. The van der Waals surface area contributed by atoms with Crippen molar-refractivity contribution < 1.29 is 13.2 Å². The number of carbonyl (C=O) groups is 1. The smallest absolute Gasteiger partial charge is 0.264 e. The van der Waals surface area contributed by atoms with E-state index in [1.807, 2.05) is 49.4 Å². The molecule has 4 aromatic carbocycles. The molecule has 1 aliphatic rings. The van der Waals surface area contributed by atoms with Gasteiger partial charge >= 0.3 is 0 Å². The Hall–Kier alpha value is -4.10. The van der Waals surface area contributed by atoms with Crippen molar-refractivity contribution in [3.8, 4) is 0 Å². The lowest BCUT2D eigenvalue weighted by atomic mass is 10.1. The Kier molecular flexibility index (Phi) is 7.98. The molecule has 0 atom stereocenters. The zero-order valence-corrected chi connectivity index (χ0v) is 22.9. The van der Waals surface area contributed by atoms with E-state index in [1.165, 1.54) is 22.8 Å². The second kappa shape index (κ2) is 11.7. The second-order valence-corrected chi connectivity index (χ2v) is 11.7. The van der Waals surface area contributed by atoms with Gasteiger partial charge in [-0.1, -0.05) is 72.3 Å². The zero-order valence-electron chi connectivity index (χ0n) is 22.1. The lowest BCUT2D eigenvalue weighted by molar-refractivity contribution is 0.0951. The molecule has 0 aromatic heterocycles. The molecule has 1 heterocycles. The van der Waals surface area contributed by atoms with Crippen LogP contribution in [0.4, 0.5) is 11.4 Å². The minimum absolute atomic E-state index is 0.0965. The van der Waals surface area contributed by atoms with Crippen molar-refractivity contribution >= 4 is 27.3 Å². The fraction of sp³-hybridized carbons (Fsp3) is 0.219. The molecule has 1 fully saturated rings. The molecule has 0 bridgehead atoms. The van der Waals surface area contributed by atoms with E-state index >= 15 is 0 Å². The fourth-order valence-corrected chi connectivity index (χ4v) is 6.32. The van der Waals surface area contributed by atoms with Gasteiger partial charge in [0, 0.05) is 25.3 Å². The maximum Gasteiger partial charge on any atom is 0.264 e. The predicted molar refractivity (Wildman–Crippen MR) is 156 cm³/mol. The van der Waals surface area contributed by atoms with Gasteiger partial charge in [-0.2, -0.15) is 0 Å². The number of amides is 1. The normalized spacial score (nSPS) is 13.3. The molecule has 4 aromatic rings. The Morgan fingerprint density at radius 2 is 1.44 bits per heavy atom. The number of anilines is 2. The highest BCUT2D eigenvalue weighted by atomic mass is 32.2. The van der Waals surface area contributed by atoms with Crippen LogP contribution in [0.25, 0.3) is 0 Å². The largest absolute Gasteiger partial charge is 0.372 e. The highest BCUT2D eigenvalue weighted by Gasteiger charge is 2.28. The van der Waals surface area contributed by atoms with Crippen molar-refractivity contribution in [2.24, 2.45) is 0 Å². The standard InChI is InChI=1S/C32H33N3O3S/c1-25-13-19-29(20-14-25)39(37,38)35(24-27-9-3-2-4-10-27)31-12-6-5-11-30(31)32(36)33-23-26-15-17-28(18-16-26)34-21-7-8-22-34/h2-6,9-20H,7-8,21-24H2,1H3,(H,33,36). The number of para-hydroxylation sites is 1. The molecule has 1 saturated heterocycles. The topological polar surface area (TPSA) is 69.7 Å². The third-order valence-corrected chi connectivity index (χ3v) is 8.83. The minimum atomic E-state index is -3.96. The molecular weight excluding hydrogens is 506 g/mol. The summed E-state index contributed by atoms with van der Waals surface area (Å²) in [6, 6.07) is 31.3. The van der Waals surface area contributed by atoms with Gasteiger partial charge in [0.25, 0.3) is 15.9 Å². The number of sulfonamides is 1. The summed E-state index contributed by atoms with van der Waals surface area (Å²) >= 11 is 0. The number of hydrogen-bond donors (Lipinski definition) is 1. The van der Waals surface area contributed by atoms with E-state index in [1.54, 1.807) is 48.5 Å². The van der Waals surface area contributed by atoms with Crippen LogP contribution >= 0.6 is 0 Å². The first-order valence-electron chi connectivity index (χ1n) is 13.3. The van der Waals surface area contributed by atoms with E-state index in [2.05, 4.69) is 22.3 Å². The van der Waals surface area contributed by atoms with Crippen molar-refractivity contribution in [3.63, 3.8) is 0 Å². The van der Waals surface area contributed by atoms with Crippen LogP contribution in [-0.2, 0) is 23.1 Å². The fourth-order valence-electron chi connectivity index (χ4n) is 4.85. The van der Waals surface area contributed by atoms with Crippen LogP contribution in [0.2, 0.25) is 0 Å². The molecule has 0 aliphatic carbocycles.